The number of hydrogen-bond donors (Lipinski definition) is 2. The Hall–Kier alpha value is -1.52. The molecule has 0 saturated heterocycles. The second-order valence-corrected chi connectivity index (χ2v) is 6.44. The predicted octanol–water partition coefficient (Wildman–Crippen LogP) is 3.42. The van der Waals surface area contributed by atoms with Crippen molar-refractivity contribution in [1.29, 1.82) is 0 Å². The number of nitrogens with two attached hydrogens (primary N) is 1. The fourth-order valence-corrected chi connectivity index (χ4v) is 2.04. The van der Waals surface area contributed by atoms with Gasteiger partial charge in [0, 0.05) is 12.1 Å². The zero-order valence-corrected chi connectivity index (χ0v) is 14.0. The SMILES string of the molecule is CC(C)CCCC(C)NC(N)=NCc1cc(C(C)C)no1. The van der Waals surface area contributed by atoms with E-state index in [1.807, 2.05) is 6.07 Å². The number of nitrogens with zero attached hydrogens (tertiary/aromatic N) is 2. The highest BCUT2D eigenvalue weighted by Crippen LogP contribution is 2.14. The lowest BCUT2D eigenvalue weighted by Gasteiger charge is -2.14. The van der Waals surface area contributed by atoms with Gasteiger partial charge < -0.3 is 15.6 Å². The second kappa shape index (κ2) is 8.70. The van der Waals surface area contributed by atoms with Gasteiger partial charge in [0.1, 0.15) is 6.54 Å². The minimum atomic E-state index is 0.341. The van der Waals surface area contributed by atoms with Crippen molar-refractivity contribution in [3.8, 4) is 0 Å². The summed E-state index contributed by atoms with van der Waals surface area (Å²) in [5, 5.41) is 7.23. The molecule has 0 fully saturated rings. The van der Waals surface area contributed by atoms with Crippen molar-refractivity contribution in [2.24, 2.45) is 16.6 Å². The number of aliphatic imine (C=N–C) groups is 1. The molecule has 1 rings (SSSR count). The van der Waals surface area contributed by atoms with Crippen LogP contribution in [0.4, 0.5) is 0 Å². The van der Waals surface area contributed by atoms with Crippen LogP contribution in [0.2, 0.25) is 0 Å². The second-order valence-electron chi connectivity index (χ2n) is 6.44. The number of nitrogens with one attached hydrogen (secondary N) is 1. The summed E-state index contributed by atoms with van der Waals surface area (Å²) in [6.45, 7) is 11.2. The Kier molecular flexibility index (Phi) is 7.26. The van der Waals surface area contributed by atoms with E-state index in [2.05, 4.69) is 50.1 Å². The van der Waals surface area contributed by atoms with Crippen LogP contribution >= 0.6 is 0 Å². The van der Waals surface area contributed by atoms with E-state index in [0.717, 1.165) is 23.8 Å². The van der Waals surface area contributed by atoms with Crippen molar-refractivity contribution in [3.63, 3.8) is 0 Å². The number of hydrogen-bond acceptors (Lipinski definition) is 3. The van der Waals surface area contributed by atoms with Crippen molar-refractivity contribution in [2.75, 3.05) is 0 Å². The van der Waals surface area contributed by atoms with Crippen molar-refractivity contribution in [2.45, 2.75) is 72.4 Å². The molecule has 21 heavy (non-hydrogen) atoms. The molecule has 0 aliphatic carbocycles. The zero-order chi connectivity index (χ0) is 15.8. The Morgan fingerprint density at radius 1 is 1.29 bits per heavy atom. The van der Waals surface area contributed by atoms with Gasteiger partial charge in [-0.3, -0.25) is 0 Å². The minimum absolute atomic E-state index is 0.341. The molecular formula is C16H30N4O. The lowest BCUT2D eigenvalue weighted by molar-refractivity contribution is 0.376. The van der Waals surface area contributed by atoms with Gasteiger partial charge in [0.25, 0.3) is 0 Å². The van der Waals surface area contributed by atoms with E-state index in [4.69, 9.17) is 10.3 Å². The Bertz CT molecular complexity index is 437. The van der Waals surface area contributed by atoms with Crippen LogP contribution in [0.25, 0.3) is 0 Å². The average Bonchev–Trinajstić information content (AvgIpc) is 2.84. The van der Waals surface area contributed by atoms with E-state index in [0.29, 0.717) is 24.5 Å². The normalized spacial score (nSPS) is 14.0. The van der Waals surface area contributed by atoms with Gasteiger partial charge in [-0.1, -0.05) is 45.7 Å². The molecule has 0 aromatic carbocycles. The molecule has 1 atom stereocenters. The van der Waals surface area contributed by atoms with Gasteiger partial charge in [0.15, 0.2) is 11.7 Å². The fourth-order valence-electron chi connectivity index (χ4n) is 2.04. The Balaban J connectivity index is 2.34. The topological polar surface area (TPSA) is 76.4 Å². The summed E-state index contributed by atoms with van der Waals surface area (Å²) >= 11 is 0. The summed E-state index contributed by atoms with van der Waals surface area (Å²) in [5.74, 6) is 2.33. The summed E-state index contributed by atoms with van der Waals surface area (Å²) in [4.78, 5) is 4.30. The Morgan fingerprint density at radius 2 is 2.00 bits per heavy atom. The van der Waals surface area contributed by atoms with Crippen LogP contribution in [-0.4, -0.2) is 17.2 Å². The maximum atomic E-state index is 5.90. The van der Waals surface area contributed by atoms with Crippen molar-refractivity contribution in [1.82, 2.24) is 10.5 Å². The summed E-state index contributed by atoms with van der Waals surface area (Å²) in [6, 6.07) is 2.28. The quantitative estimate of drug-likeness (QED) is 0.569. The van der Waals surface area contributed by atoms with Gasteiger partial charge in [-0.2, -0.15) is 0 Å². The Morgan fingerprint density at radius 3 is 2.57 bits per heavy atom. The lowest BCUT2D eigenvalue weighted by Crippen LogP contribution is -2.38. The molecule has 0 aliphatic heterocycles. The van der Waals surface area contributed by atoms with Gasteiger partial charge in [-0.25, -0.2) is 4.99 Å². The van der Waals surface area contributed by atoms with Gasteiger partial charge in [-0.05, 0) is 25.2 Å². The highest BCUT2D eigenvalue weighted by Gasteiger charge is 2.08. The molecule has 0 bridgehead atoms. The highest BCUT2D eigenvalue weighted by atomic mass is 16.5. The van der Waals surface area contributed by atoms with Gasteiger partial charge in [0.2, 0.25) is 0 Å². The van der Waals surface area contributed by atoms with Crippen molar-refractivity contribution >= 4 is 5.96 Å². The molecule has 0 spiro atoms. The molecule has 5 heteroatoms. The molecule has 5 nitrogen and oxygen atoms in total. The first kappa shape index (κ1) is 17.5. The van der Waals surface area contributed by atoms with Crippen LogP contribution < -0.4 is 11.1 Å². The lowest BCUT2D eigenvalue weighted by atomic mass is 10.0. The van der Waals surface area contributed by atoms with Gasteiger partial charge in [-0.15, -0.1) is 0 Å². The molecule has 0 aliphatic rings. The van der Waals surface area contributed by atoms with E-state index < -0.39 is 0 Å². The molecule has 1 unspecified atom stereocenters. The van der Waals surface area contributed by atoms with Gasteiger partial charge >= 0.3 is 0 Å². The highest BCUT2D eigenvalue weighted by molar-refractivity contribution is 5.78. The molecular weight excluding hydrogens is 264 g/mol. The average molecular weight is 294 g/mol. The monoisotopic (exact) mass is 294 g/mol. The molecule has 1 heterocycles. The molecule has 1 aromatic heterocycles. The van der Waals surface area contributed by atoms with E-state index >= 15 is 0 Å². The third-order valence-electron chi connectivity index (χ3n) is 3.39. The predicted molar refractivity (Wildman–Crippen MR) is 87.2 cm³/mol. The number of guanidine groups is 1. The van der Waals surface area contributed by atoms with Crippen LogP contribution in [0.15, 0.2) is 15.6 Å². The third kappa shape index (κ3) is 7.16. The van der Waals surface area contributed by atoms with Crippen LogP contribution in [0.3, 0.4) is 0 Å². The van der Waals surface area contributed by atoms with E-state index in [9.17, 15) is 0 Å². The van der Waals surface area contributed by atoms with E-state index in [-0.39, 0.29) is 0 Å². The summed E-state index contributed by atoms with van der Waals surface area (Å²) in [5.41, 5.74) is 6.85. The summed E-state index contributed by atoms with van der Waals surface area (Å²) in [6.07, 6.45) is 3.56. The summed E-state index contributed by atoms with van der Waals surface area (Å²) in [7, 11) is 0. The maximum Gasteiger partial charge on any atom is 0.189 e. The minimum Gasteiger partial charge on any atom is -0.370 e. The van der Waals surface area contributed by atoms with Crippen LogP contribution in [0, 0.1) is 5.92 Å². The smallest absolute Gasteiger partial charge is 0.189 e. The molecule has 0 saturated carbocycles. The first-order valence-electron chi connectivity index (χ1n) is 7.90. The largest absolute Gasteiger partial charge is 0.370 e. The molecule has 3 N–H and O–H groups in total. The number of aromatic nitrogens is 1. The number of rotatable bonds is 8. The van der Waals surface area contributed by atoms with E-state index in [1.165, 1.54) is 12.8 Å². The molecule has 0 amide bonds. The zero-order valence-electron chi connectivity index (χ0n) is 14.0. The standard InChI is InChI=1S/C16H30N4O/c1-11(2)7-6-8-13(5)19-16(17)18-10-14-9-15(12(3)4)20-21-14/h9,11-13H,6-8,10H2,1-5H3,(H3,17,18,19). The fraction of sp³-hybridized carbons (Fsp3) is 0.750. The first-order valence-corrected chi connectivity index (χ1v) is 7.90. The van der Waals surface area contributed by atoms with Gasteiger partial charge in [0.05, 0.1) is 5.69 Å². The van der Waals surface area contributed by atoms with Crippen LogP contribution in [-0.2, 0) is 6.54 Å². The van der Waals surface area contributed by atoms with Crippen molar-refractivity contribution < 1.29 is 4.52 Å². The maximum absolute atomic E-state index is 5.90. The summed E-state index contributed by atoms with van der Waals surface area (Å²) < 4.78 is 5.23. The molecule has 0 radical (unpaired) electrons. The van der Waals surface area contributed by atoms with Crippen LogP contribution in [0.5, 0.6) is 0 Å². The van der Waals surface area contributed by atoms with Crippen molar-refractivity contribution in [3.05, 3.63) is 17.5 Å². The van der Waals surface area contributed by atoms with E-state index in [1.54, 1.807) is 0 Å². The molecule has 120 valence electrons. The Labute approximate surface area is 128 Å². The van der Waals surface area contributed by atoms with Crippen LogP contribution in [0.1, 0.15) is 71.3 Å². The first-order chi connectivity index (χ1) is 9.88. The molecule has 1 aromatic rings. The third-order valence-corrected chi connectivity index (χ3v) is 3.39.